The first-order valence-corrected chi connectivity index (χ1v) is 11.6. The number of rotatable bonds is 10. The van der Waals surface area contributed by atoms with Crippen LogP contribution in [0, 0.1) is 0 Å². The second-order valence-corrected chi connectivity index (χ2v) is 8.97. The molecule has 0 spiro atoms. The largest absolute Gasteiger partial charge is 0.588 e. The molecule has 0 N–H and O–H groups in total. The van der Waals surface area contributed by atoms with Crippen LogP contribution in [0.25, 0.3) is 0 Å². The van der Waals surface area contributed by atoms with E-state index >= 15 is 0 Å². The van der Waals surface area contributed by atoms with Crippen LogP contribution in [0.3, 0.4) is 0 Å². The van der Waals surface area contributed by atoms with Crippen molar-refractivity contribution in [1.29, 1.82) is 0 Å². The minimum Gasteiger partial charge on any atom is -0.588 e. The van der Waals surface area contributed by atoms with Gasteiger partial charge in [-0.25, -0.2) is 0 Å². The van der Waals surface area contributed by atoms with E-state index in [1.807, 2.05) is 0 Å². The molecule has 1 aliphatic heterocycles. The maximum Gasteiger partial charge on any atom is 0.326 e. The molecule has 164 valence electrons. The Balaban J connectivity index is 2.49. The lowest BCUT2D eigenvalue weighted by Gasteiger charge is -2.46. The van der Waals surface area contributed by atoms with Crippen LogP contribution in [0.15, 0.2) is 47.1 Å². The van der Waals surface area contributed by atoms with E-state index in [0.29, 0.717) is 20.8 Å². The van der Waals surface area contributed by atoms with Gasteiger partial charge in [0.15, 0.2) is 10.7 Å². The summed E-state index contributed by atoms with van der Waals surface area (Å²) in [5, 5.41) is 0.724. The zero-order valence-corrected chi connectivity index (χ0v) is 19.6. The maximum atomic E-state index is 13.5. The van der Waals surface area contributed by atoms with E-state index in [-0.39, 0.29) is 25.1 Å². The molecule has 1 heterocycles. The molecule has 0 radical (unpaired) electrons. The number of halogens is 2. The van der Waals surface area contributed by atoms with Crippen molar-refractivity contribution in [2.75, 3.05) is 13.2 Å². The van der Waals surface area contributed by atoms with Crippen molar-refractivity contribution in [3.8, 4) is 0 Å². The Kier molecular flexibility index (Phi) is 9.09. The first-order chi connectivity index (χ1) is 14.2. The number of carbonyl (C=O) groups excluding carboxylic acids is 2. The minimum atomic E-state index is -1.69. The van der Waals surface area contributed by atoms with Gasteiger partial charge in [-0.3, -0.25) is 14.5 Å². The molecule has 6 nitrogen and oxygen atoms in total. The van der Waals surface area contributed by atoms with Crippen LogP contribution in [0.1, 0.15) is 40.0 Å². The second-order valence-electron chi connectivity index (χ2n) is 6.73. The molecule has 1 unspecified atom stereocenters. The van der Waals surface area contributed by atoms with Crippen LogP contribution in [-0.4, -0.2) is 44.8 Å². The van der Waals surface area contributed by atoms with Gasteiger partial charge in [-0.1, -0.05) is 55.6 Å². The highest BCUT2D eigenvalue weighted by Gasteiger charge is 2.48. The van der Waals surface area contributed by atoms with Crippen LogP contribution in [0.2, 0.25) is 10.0 Å². The summed E-state index contributed by atoms with van der Waals surface area (Å²) in [4.78, 5) is 26.2. The molecule has 0 fully saturated rings. The molecule has 0 saturated heterocycles. The van der Waals surface area contributed by atoms with Gasteiger partial charge in [-0.05, 0) is 19.4 Å². The Morgan fingerprint density at radius 1 is 1.30 bits per heavy atom. The number of unbranched alkanes of at least 4 members (excludes halogenated alkanes) is 1. The fourth-order valence-electron chi connectivity index (χ4n) is 3.26. The van der Waals surface area contributed by atoms with Crippen LogP contribution in [0.4, 0.5) is 0 Å². The quantitative estimate of drug-likeness (QED) is 0.364. The lowest BCUT2D eigenvalue weighted by atomic mass is 9.94. The number of carbonyl (C=O) groups is 2. The summed E-state index contributed by atoms with van der Waals surface area (Å²) in [6.07, 6.45) is 4.23. The second kappa shape index (κ2) is 11.1. The number of hydrogen-bond donors (Lipinski definition) is 0. The van der Waals surface area contributed by atoms with E-state index in [2.05, 4.69) is 13.5 Å². The first kappa shape index (κ1) is 24.6. The van der Waals surface area contributed by atoms with Gasteiger partial charge in [-0.15, -0.1) is 0 Å². The Bertz CT molecular complexity index is 826. The SMILES string of the molecule is C=CC1=C(N(CC(=O)OCC)C(C)=O)N([S+]([O-])c2cc(Cl)cc(Cl)c2)[C@H]1CCCC. The Morgan fingerprint density at radius 2 is 1.93 bits per heavy atom. The Labute approximate surface area is 190 Å². The van der Waals surface area contributed by atoms with Crippen molar-refractivity contribution in [3.63, 3.8) is 0 Å². The molecule has 0 saturated carbocycles. The normalized spacial score (nSPS) is 16.7. The highest BCUT2D eigenvalue weighted by molar-refractivity contribution is 7.89. The van der Waals surface area contributed by atoms with Crippen molar-refractivity contribution in [1.82, 2.24) is 9.21 Å². The van der Waals surface area contributed by atoms with E-state index in [1.54, 1.807) is 35.5 Å². The zero-order valence-electron chi connectivity index (χ0n) is 17.3. The van der Waals surface area contributed by atoms with Crippen LogP contribution >= 0.6 is 23.2 Å². The zero-order chi connectivity index (χ0) is 22.4. The van der Waals surface area contributed by atoms with E-state index < -0.39 is 17.3 Å². The van der Waals surface area contributed by atoms with Crippen LogP contribution in [0.5, 0.6) is 0 Å². The minimum absolute atomic E-state index is 0.202. The molecule has 2 atom stereocenters. The standard InChI is InChI=1S/C21H26Cl2N2O4S/c1-5-8-9-19-18(6-2)21(24(14(4)26)13-20(27)29-7-3)25(19)30(28)17-11-15(22)10-16(23)12-17/h6,10-12,19H,2,5,7-9,13H2,1,3-4H3/t19-,30?/m0/s1. The Morgan fingerprint density at radius 3 is 2.43 bits per heavy atom. The smallest absolute Gasteiger partial charge is 0.326 e. The average Bonchev–Trinajstić information content (AvgIpc) is 2.65. The molecule has 9 heteroatoms. The van der Waals surface area contributed by atoms with E-state index in [4.69, 9.17) is 27.9 Å². The molecule has 1 amide bonds. The third-order valence-corrected chi connectivity index (χ3v) is 6.46. The molecule has 1 aromatic rings. The van der Waals surface area contributed by atoms with Gasteiger partial charge in [0.05, 0.1) is 6.61 Å². The fourth-order valence-corrected chi connectivity index (χ4v) is 5.41. The number of nitrogens with zero attached hydrogens (tertiary/aromatic N) is 2. The van der Waals surface area contributed by atoms with Gasteiger partial charge in [-0.2, -0.15) is 4.31 Å². The molecular formula is C21H26Cl2N2O4S. The summed E-state index contributed by atoms with van der Waals surface area (Å²) >= 11 is 10.5. The average molecular weight is 473 g/mol. The van der Waals surface area contributed by atoms with Crippen molar-refractivity contribution >= 4 is 46.4 Å². The van der Waals surface area contributed by atoms with E-state index in [0.717, 1.165) is 24.8 Å². The summed E-state index contributed by atoms with van der Waals surface area (Å²) in [6, 6.07) is 4.50. The summed E-state index contributed by atoms with van der Waals surface area (Å²) in [7, 11) is 0. The summed E-state index contributed by atoms with van der Waals surface area (Å²) in [5.74, 6) is -0.518. The van der Waals surface area contributed by atoms with Crippen LogP contribution < -0.4 is 0 Å². The van der Waals surface area contributed by atoms with Crippen molar-refractivity contribution in [2.24, 2.45) is 0 Å². The molecule has 1 aliphatic rings. The van der Waals surface area contributed by atoms with Gasteiger partial charge in [0, 0.05) is 34.7 Å². The van der Waals surface area contributed by atoms with E-state index in [1.165, 1.54) is 11.8 Å². The van der Waals surface area contributed by atoms with Gasteiger partial charge in [0.25, 0.3) is 0 Å². The monoisotopic (exact) mass is 472 g/mol. The molecule has 2 rings (SSSR count). The third-order valence-electron chi connectivity index (χ3n) is 4.60. The third kappa shape index (κ3) is 5.52. The molecule has 0 aromatic heterocycles. The number of ether oxygens (including phenoxy) is 1. The number of esters is 1. The maximum absolute atomic E-state index is 13.5. The van der Waals surface area contributed by atoms with Gasteiger partial charge in [0.2, 0.25) is 5.91 Å². The molecule has 0 bridgehead atoms. The molecule has 0 aliphatic carbocycles. The van der Waals surface area contributed by atoms with Crippen LogP contribution in [-0.2, 0) is 25.7 Å². The highest BCUT2D eigenvalue weighted by atomic mass is 35.5. The number of amides is 1. The van der Waals surface area contributed by atoms with Gasteiger partial charge >= 0.3 is 5.97 Å². The van der Waals surface area contributed by atoms with Crippen molar-refractivity contribution in [3.05, 3.63) is 52.3 Å². The number of hydrogen-bond acceptors (Lipinski definition) is 5. The highest BCUT2D eigenvalue weighted by Crippen LogP contribution is 2.42. The fraction of sp³-hybridized carbons (Fsp3) is 0.429. The van der Waals surface area contributed by atoms with E-state index in [9.17, 15) is 14.1 Å². The number of benzene rings is 1. The summed E-state index contributed by atoms with van der Waals surface area (Å²) in [6.45, 7) is 8.90. The molecule has 1 aromatic carbocycles. The molecular weight excluding hydrogens is 447 g/mol. The van der Waals surface area contributed by atoms with Crippen molar-refractivity contribution < 1.29 is 18.9 Å². The lowest BCUT2D eigenvalue weighted by Crippen LogP contribution is -2.56. The Hall–Kier alpha value is -1.67. The molecule has 30 heavy (non-hydrogen) atoms. The summed E-state index contributed by atoms with van der Waals surface area (Å²) < 4.78 is 20.1. The topological polar surface area (TPSA) is 72.9 Å². The van der Waals surface area contributed by atoms with Gasteiger partial charge in [0.1, 0.15) is 23.9 Å². The lowest BCUT2D eigenvalue weighted by molar-refractivity contribution is -0.148. The predicted octanol–water partition coefficient (Wildman–Crippen LogP) is 4.70. The van der Waals surface area contributed by atoms with Crippen molar-refractivity contribution in [2.45, 2.75) is 51.0 Å². The predicted molar refractivity (Wildman–Crippen MR) is 119 cm³/mol. The first-order valence-electron chi connectivity index (χ1n) is 9.72. The van der Waals surface area contributed by atoms with Gasteiger partial charge < -0.3 is 9.29 Å². The summed E-state index contributed by atoms with van der Waals surface area (Å²) in [5.41, 5.74) is 0.768.